The lowest BCUT2D eigenvalue weighted by atomic mass is 10.2. The number of nitrogens with two attached hydrogens (primary N) is 1. The standard InChI is InChI=1S/C19H28FN5O.HI/c20-15-5-7-17(8-6-15)24-11-13-25(14-12-24)19(21)22-10-9-18(26)23-16-3-1-2-4-16;/h5-8,16H,1-4,9-14H2,(H2,21,22)(H,23,26);1H. The number of hydrogen-bond donors (Lipinski definition) is 2. The van der Waals surface area contributed by atoms with Gasteiger partial charge in [-0.05, 0) is 37.1 Å². The predicted octanol–water partition coefficient (Wildman–Crippen LogP) is 2.33. The number of carbonyl (C=O) groups excluding carboxylic acids is 1. The molecule has 1 saturated carbocycles. The van der Waals surface area contributed by atoms with E-state index in [-0.39, 0.29) is 35.7 Å². The molecule has 8 heteroatoms. The SMILES string of the molecule is I.NC(=NCCC(=O)NC1CCCC1)N1CCN(c2ccc(F)cc2)CC1. The molecule has 2 fully saturated rings. The summed E-state index contributed by atoms with van der Waals surface area (Å²) in [5.74, 6) is 0.340. The van der Waals surface area contributed by atoms with Crippen molar-refractivity contribution in [3.63, 3.8) is 0 Å². The molecule has 1 heterocycles. The van der Waals surface area contributed by atoms with Crippen molar-refractivity contribution >= 4 is 41.5 Å². The van der Waals surface area contributed by atoms with Crippen molar-refractivity contribution in [1.29, 1.82) is 0 Å². The smallest absolute Gasteiger partial charge is 0.222 e. The first-order valence-electron chi connectivity index (χ1n) is 9.46. The van der Waals surface area contributed by atoms with Gasteiger partial charge >= 0.3 is 0 Å². The van der Waals surface area contributed by atoms with E-state index in [0.717, 1.165) is 44.7 Å². The Morgan fingerprint density at radius 2 is 1.78 bits per heavy atom. The van der Waals surface area contributed by atoms with E-state index >= 15 is 0 Å². The van der Waals surface area contributed by atoms with Gasteiger partial charge in [-0.3, -0.25) is 9.79 Å². The normalized spacial score (nSPS) is 18.3. The lowest BCUT2D eigenvalue weighted by molar-refractivity contribution is -0.121. The second-order valence-corrected chi connectivity index (χ2v) is 6.99. The highest BCUT2D eigenvalue weighted by Gasteiger charge is 2.19. The molecule has 150 valence electrons. The lowest BCUT2D eigenvalue weighted by Gasteiger charge is -2.36. The van der Waals surface area contributed by atoms with E-state index in [1.165, 1.54) is 25.0 Å². The minimum absolute atomic E-state index is 0. The van der Waals surface area contributed by atoms with E-state index in [4.69, 9.17) is 5.73 Å². The number of nitrogens with zero attached hydrogens (tertiary/aromatic N) is 3. The van der Waals surface area contributed by atoms with Gasteiger partial charge in [-0.1, -0.05) is 12.8 Å². The highest BCUT2D eigenvalue weighted by molar-refractivity contribution is 14.0. The lowest BCUT2D eigenvalue weighted by Crippen LogP contribution is -2.51. The third-order valence-corrected chi connectivity index (χ3v) is 5.13. The largest absolute Gasteiger partial charge is 0.370 e. The van der Waals surface area contributed by atoms with Gasteiger partial charge < -0.3 is 20.9 Å². The third-order valence-electron chi connectivity index (χ3n) is 5.13. The summed E-state index contributed by atoms with van der Waals surface area (Å²) in [5.41, 5.74) is 7.10. The summed E-state index contributed by atoms with van der Waals surface area (Å²) in [5, 5.41) is 3.06. The Morgan fingerprint density at radius 1 is 1.15 bits per heavy atom. The minimum atomic E-state index is -0.222. The maximum atomic E-state index is 13.0. The Hall–Kier alpha value is -1.58. The summed E-state index contributed by atoms with van der Waals surface area (Å²) < 4.78 is 13.0. The molecule has 0 aromatic heterocycles. The zero-order chi connectivity index (χ0) is 18.4. The third kappa shape index (κ3) is 6.51. The maximum Gasteiger partial charge on any atom is 0.222 e. The van der Waals surface area contributed by atoms with Crippen LogP contribution in [0.15, 0.2) is 29.3 Å². The number of amides is 1. The van der Waals surface area contributed by atoms with Crippen molar-refractivity contribution in [2.24, 2.45) is 10.7 Å². The molecular weight excluding hydrogens is 460 g/mol. The van der Waals surface area contributed by atoms with Gasteiger partial charge in [-0.2, -0.15) is 0 Å². The van der Waals surface area contributed by atoms with Gasteiger partial charge in [0.2, 0.25) is 5.91 Å². The van der Waals surface area contributed by atoms with Crippen molar-refractivity contribution in [2.45, 2.75) is 38.1 Å². The molecule has 27 heavy (non-hydrogen) atoms. The Labute approximate surface area is 177 Å². The van der Waals surface area contributed by atoms with E-state index in [1.807, 2.05) is 4.90 Å². The molecule has 0 atom stereocenters. The van der Waals surface area contributed by atoms with Crippen molar-refractivity contribution in [3.05, 3.63) is 30.1 Å². The number of rotatable bonds is 5. The number of nitrogens with one attached hydrogen (secondary N) is 1. The molecule has 1 aliphatic heterocycles. The van der Waals surface area contributed by atoms with E-state index in [1.54, 1.807) is 12.1 Å². The van der Waals surface area contributed by atoms with Crippen LogP contribution in [0.4, 0.5) is 10.1 Å². The number of carbonyl (C=O) groups is 1. The van der Waals surface area contributed by atoms with E-state index < -0.39 is 0 Å². The quantitative estimate of drug-likeness (QED) is 0.379. The molecule has 0 unspecified atom stereocenters. The first kappa shape index (κ1) is 21.7. The first-order valence-corrected chi connectivity index (χ1v) is 9.46. The van der Waals surface area contributed by atoms with Gasteiger partial charge in [-0.15, -0.1) is 24.0 Å². The summed E-state index contributed by atoms with van der Waals surface area (Å²) in [6, 6.07) is 6.90. The average Bonchev–Trinajstić information content (AvgIpc) is 3.15. The molecule has 1 aromatic carbocycles. The van der Waals surface area contributed by atoms with Crippen molar-refractivity contribution in [1.82, 2.24) is 10.2 Å². The first-order chi connectivity index (χ1) is 12.6. The van der Waals surface area contributed by atoms with Gasteiger partial charge in [0.25, 0.3) is 0 Å². The molecular formula is C19H29FIN5O. The summed E-state index contributed by atoms with van der Waals surface area (Å²) in [6.07, 6.45) is 4.98. The molecule has 3 rings (SSSR count). The molecule has 1 aliphatic carbocycles. The molecule has 0 spiro atoms. The highest BCUT2D eigenvalue weighted by atomic mass is 127. The topological polar surface area (TPSA) is 74.0 Å². The Bertz CT molecular complexity index is 625. The zero-order valence-electron chi connectivity index (χ0n) is 15.6. The van der Waals surface area contributed by atoms with E-state index in [2.05, 4.69) is 15.2 Å². The fourth-order valence-corrected chi connectivity index (χ4v) is 3.59. The number of benzene rings is 1. The number of hydrogen-bond acceptors (Lipinski definition) is 3. The number of aliphatic imine (C=N–C) groups is 1. The fraction of sp³-hybridized carbons (Fsp3) is 0.579. The van der Waals surface area contributed by atoms with Gasteiger partial charge in [-0.25, -0.2) is 4.39 Å². The number of anilines is 1. The average molecular weight is 489 g/mol. The van der Waals surface area contributed by atoms with Crippen molar-refractivity contribution in [2.75, 3.05) is 37.6 Å². The Balaban J connectivity index is 0.00000261. The van der Waals surface area contributed by atoms with Gasteiger partial charge in [0.05, 0.1) is 6.54 Å². The summed E-state index contributed by atoms with van der Waals surface area (Å²) in [6.45, 7) is 3.57. The van der Waals surface area contributed by atoms with E-state index in [0.29, 0.717) is 25.0 Å². The minimum Gasteiger partial charge on any atom is -0.370 e. The Morgan fingerprint density at radius 3 is 2.41 bits per heavy atom. The maximum absolute atomic E-state index is 13.0. The molecule has 0 radical (unpaired) electrons. The van der Waals surface area contributed by atoms with Crippen molar-refractivity contribution in [3.8, 4) is 0 Å². The second-order valence-electron chi connectivity index (χ2n) is 6.99. The molecule has 0 bridgehead atoms. The summed E-state index contributed by atoms with van der Waals surface area (Å²) in [4.78, 5) is 20.5. The number of halogens is 2. The monoisotopic (exact) mass is 489 g/mol. The number of piperazine rings is 1. The fourth-order valence-electron chi connectivity index (χ4n) is 3.59. The van der Waals surface area contributed by atoms with Gasteiger partial charge in [0, 0.05) is 44.3 Å². The molecule has 1 saturated heterocycles. The van der Waals surface area contributed by atoms with Crippen LogP contribution in [0.2, 0.25) is 0 Å². The van der Waals surface area contributed by atoms with Crippen LogP contribution in [-0.4, -0.2) is 55.5 Å². The van der Waals surface area contributed by atoms with Crippen molar-refractivity contribution < 1.29 is 9.18 Å². The van der Waals surface area contributed by atoms with Crippen LogP contribution in [0.5, 0.6) is 0 Å². The van der Waals surface area contributed by atoms with E-state index in [9.17, 15) is 9.18 Å². The van der Waals surface area contributed by atoms with Crippen LogP contribution in [0.3, 0.4) is 0 Å². The Kier molecular flexibility index (Phi) is 8.59. The predicted molar refractivity (Wildman–Crippen MR) is 117 cm³/mol. The zero-order valence-corrected chi connectivity index (χ0v) is 17.9. The van der Waals surface area contributed by atoms with Crippen LogP contribution < -0.4 is 16.0 Å². The molecule has 3 N–H and O–H groups in total. The van der Waals surface area contributed by atoms with Crippen LogP contribution in [0.1, 0.15) is 32.1 Å². The number of guanidine groups is 1. The van der Waals surface area contributed by atoms with Gasteiger partial charge in [0.1, 0.15) is 5.82 Å². The highest BCUT2D eigenvalue weighted by Crippen LogP contribution is 2.18. The second kappa shape index (κ2) is 10.7. The molecule has 1 aromatic rings. The summed E-state index contributed by atoms with van der Waals surface area (Å²) in [7, 11) is 0. The molecule has 1 amide bonds. The van der Waals surface area contributed by atoms with Crippen LogP contribution >= 0.6 is 24.0 Å². The van der Waals surface area contributed by atoms with Crippen LogP contribution in [-0.2, 0) is 4.79 Å². The van der Waals surface area contributed by atoms with Gasteiger partial charge in [0.15, 0.2) is 5.96 Å². The molecule has 6 nitrogen and oxygen atoms in total. The van der Waals surface area contributed by atoms with Crippen LogP contribution in [0, 0.1) is 5.82 Å². The van der Waals surface area contributed by atoms with Crippen LogP contribution in [0.25, 0.3) is 0 Å². The molecule has 2 aliphatic rings. The summed E-state index contributed by atoms with van der Waals surface area (Å²) >= 11 is 0.